The fourth-order valence-corrected chi connectivity index (χ4v) is 1.60. The van der Waals surface area contributed by atoms with Crippen molar-refractivity contribution in [2.75, 3.05) is 0 Å². The maximum atomic E-state index is 5.54. The van der Waals surface area contributed by atoms with E-state index in [0.717, 1.165) is 6.42 Å². The van der Waals surface area contributed by atoms with Gasteiger partial charge < -0.3 is 0 Å². The second-order valence-electron chi connectivity index (χ2n) is 4.08. The smallest absolute Gasteiger partial charge is 0.0480 e. The monoisotopic (exact) mass is 193 g/mol. The van der Waals surface area contributed by atoms with Crippen LogP contribution >= 0.6 is 0 Å². The van der Waals surface area contributed by atoms with Gasteiger partial charge in [0, 0.05) is 18.4 Å². The van der Waals surface area contributed by atoms with Crippen molar-refractivity contribution < 1.29 is 0 Å². The average Bonchev–Trinajstić information content (AvgIpc) is 2.15. The van der Waals surface area contributed by atoms with Gasteiger partial charge in [-0.15, -0.1) is 0 Å². The molecule has 0 spiro atoms. The van der Waals surface area contributed by atoms with Gasteiger partial charge >= 0.3 is 0 Å². The van der Waals surface area contributed by atoms with E-state index in [0.29, 0.717) is 5.92 Å². The molecule has 0 saturated carbocycles. The standard InChI is InChI=1S/C11H19N3/c1-8(2)6-11(14-12)10-7-13-5-4-9(10)3/h4-5,7-8,11,14H,6,12H2,1-3H3. The van der Waals surface area contributed by atoms with Gasteiger partial charge in [-0.05, 0) is 36.5 Å². The van der Waals surface area contributed by atoms with E-state index in [2.05, 4.69) is 31.2 Å². The lowest BCUT2D eigenvalue weighted by molar-refractivity contribution is 0.436. The second kappa shape index (κ2) is 5.08. The molecule has 1 aromatic rings. The highest BCUT2D eigenvalue weighted by Gasteiger charge is 2.13. The van der Waals surface area contributed by atoms with Gasteiger partial charge in [-0.1, -0.05) is 13.8 Å². The summed E-state index contributed by atoms with van der Waals surface area (Å²) in [5.74, 6) is 6.17. The van der Waals surface area contributed by atoms with Crippen LogP contribution in [0.2, 0.25) is 0 Å². The minimum Gasteiger partial charge on any atom is -0.271 e. The molecule has 0 aliphatic rings. The topological polar surface area (TPSA) is 50.9 Å². The van der Waals surface area contributed by atoms with Crippen LogP contribution in [0, 0.1) is 12.8 Å². The first-order chi connectivity index (χ1) is 6.65. The van der Waals surface area contributed by atoms with Gasteiger partial charge in [0.1, 0.15) is 0 Å². The molecule has 0 aliphatic heterocycles. The maximum absolute atomic E-state index is 5.54. The van der Waals surface area contributed by atoms with Crippen molar-refractivity contribution >= 4 is 0 Å². The van der Waals surface area contributed by atoms with Crippen LogP contribution in [-0.4, -0.2) is 4.98 Å². The molecular formula is C11H19N3. The molecule has 0 fully saturated rings. The minimum atomic E-state index is 0.212. The predicted octanol–water partition coefficient (Wildman–Crippen LogP) is 1.94. The number of hydrogen-bond donors (Lipinski definition) is 2. The van der Waals surface area contributed by atoms with Crippen LogP contribution in [0.4, 0.5) is 0 Å². The normalized spacial score (nSPS) is 13.2. The highest BCUT2D eigenvalue weighted by molar-refractivity contribution is 5.24. The fraction of sp³-hybridized carbons (Fsp3) is 0.545. The van der Waals surface area contributed by atoms with E-state index >= 15 is 0 Å². The molecule has 1 heterocycles. The van der Waals surface area contributed by atoms with Gasteiger partial charge in [-0.25, -0.2) is 0 Å². The van der Waals surface area contributed by atoms with E-state index in [-0.39, 0.29) is 6.04 Å². The molecule has 0 aliphatic carbocycles. The molecule has 3 N–H and O–H groups in total. The molecule has 1 aromatic heterocycles. The summed E-state index contributed by atoms with van der Waals surface area (Å²) in [5, 5.41) is 0. The highest BCUT2D eigenvalue weighted by atomic mass is 15.2. The zero-order chi connectivity index (χ0) is 10.6. The highest BCUT2D eigenvalue weighted by Crippen LogP contribution is 2.22. The molecule has 0 amide bonds. The molecule has 3 heteroatoms. The lowest BCUT2D eigenvalue weighted by atomic mass is 9.96. The quantitative estimate of drug-likeness (QED) is 0.567. The number of nitrogens with zero attached hydrogens (tertiary/aromatic N) is 1. The Hall–Kier alpha value is -0.930. The minimum absolute atomic E-state index is 0.212. The van der Waals surface area contributed by atoms with Gasteiger partial charge in [0.2, 0.25) is 0 Å². The lowest BCUT2D eigenvalue weighted by Gasteiger charge is -2.19. The van der Waals surface area contributed by atoms with Gasteiger partial charge in [-0.2, -0.15) is 0 Å². The average molecular weight is 193 g/mol. The van der Waals surface area contributed by atoms with Crippen LogP contribution in [0.25, 0.3) is 0 Å². The first-order valence-electron chi connectivity index (χ1n) is 5.01. The predicted molar refractivity (Wildman–Crippen MR) is 58.5 cm³/mol. The number of aromatic nitrogens is 1. The van der Waals surface area contributed by atoms with Crippen LogP contribution in [0.1, 0.15) is 37.4 Å². The van der Waals surface area contributed by atoms with E-state index in [1.807, 2.05) is 18.5 Å². The summed E-state index contributed by atoms with van der Waals surface area (Å²) in [6, 6.07) is 2.23. The molecular weight excluding hydrogens is 174 g/mol. The van der Waals surface area contributed by atoms with E-state index in [1.54, 1.807) is 0 Å². The summed E-state index contributed by atoms with van der Waals surface area (Å²) in [6.45, 7) is 6.47. The third kappa shape index (κ3) is 2.79. The Labute approximate surface area is 85.7 Å². The molecule has 0 bridgehead atoms. The Morgan fingerprint density at radius 1 is 1.50 bits per heavy atom. The van der Waals surface area contributed by atoms with Crippen molar-refractivity contribution in [3.8, 4) is 0 Å². The van der Waals surface area contributed by atoms with Crippen molar-refractivity contribution in [3.05, 3.63) is 29.6 Å². The van der Waals surface area contributed by atoms with E-state index in [9.17, 15) is 0 Å². The zero-order valence-electron chi connectivity index (χ0n) is 9.12. The van der Waals surface area contributed by atoms with Crippen LogP contribution in [0.3, 0.4) is 0 Å². The third-order valence-electron chi connectivity index (χ3n) is 2.36. The van der Waals surface area contributed by atoms with Crippen LogP contribution in [0.5, 0.6) is 0 Å². The Morgan fingerprint density at radius 2 is 2.21 bits per heavy atom. The first-order valence-corrected chi connectivity index (χ1v) is 5.01. The Bertz CT molecular complexity index is 284. The Kier molecular flexibility index (Phi) is 4.04. The SMILES string of the molecule is Cc1ccncc1C(CC(C)C)NN. The van der Waals surface area contributed by atoms with Crippen LogP contribution in [0.15, 0.2) is 18.5 Å². The number of hydrazine groups is 1. The summed E-state index contributed by atoms with van der Waals surface area (Å²) in [5.41, 5.74) is 5.29. The van der Waals surface area contributed by atoms with Crippen molar-refractivity contribution in [2.45, 2.75) is 33.2 Å². The summed E-state index contributed by atoms with van der Waals surface area (Å²) >= 11 is 0. The summed E-state index contributed by atoms with van der Waals surface area (Å²) < 4.78 is 0. The number of nitrogens with two attached hydrogens (primary N) is 1. The summed E-state index contributed by atoms with van der Waals surface area (Å²) in [6.07, 6.45) is 4.73. The molecule has 3 nitrogen and oxygen atoms in total. The van der Waals surface area contributed by atoms with Gasteiger partial charge in [0.25, 0.3) is 0 Å². The molecule has 0 radical (unpaired) electrons. The van der Waals surface area contributed by atoms with Crippen molar-refractivity contribution in [1.82, 2.24) is 10.4 Å². The number of hydrogen-bond acceptors (Lipinski definition) is 3. The van der Waals surface area contributed by atoms with E-state index in [1.165, 1.54) is 11.1 Å². The van der Waals surface area contributed by atoms with E-state index in [4.69, 9.17) is 5.84 Å². The summed E-state index contributed by atoms with van der Waals surface area (Å²) in [4.78, 5) is 4.13. The van der Waals surface area contributed by atoms with Gasteiger partial charge in [0.15, 0.2) is 0 Å². The molecule has 1 unspecified atom stereocenters. The molecule has 0 aromatic carbocycles. The van der Waals surface area contributed by atoms with Crippen molar-refractivity contribution in [2.24, 2.45) is 11.8 Å². The fourth-order valence-electron chi connectivity index (χ4n) is 1.60. The summed E-state index contributed by atoms with van der Waals surface area (Å²) in [7, 11) is 0. The van der Waals surface area contributed by atoms with Crippen LogP contribution in [-0.2, 0) is 0 Å². The molecule has 1 atom stereocenters. The lowest BCUT2D eigenvalue weighted by Crippen LogP contribution is -2.29. The number of nitrogens with one attached hydrogen (secondary N) is 1. The van der Waals surface area contributed by atoms with Crippen molar-refractivity contribution in [1.29, 1.82) is 0 Å². The Morgan fingerprint density at radius 3 is 2.71 bits per heavy atom. The number of pyridine rings is 1. The Balaban J connectivity index is 2.83. The third-order valence-corrected chi connectivity index (χ3v) is 2.36. The number of rotatable bonds is 4. The first kappa shape index (κ1) is 11.1. The molecule has 0 saturated heterocycles. The van der Waals surface area contributed by atoms with E-state index < -0.39 is 0 Å². The van der Waals surface area contributed by atoms with Gasteiger partial charge in [-0.3, -0.25) is 16.3 Å². The largest absolute Gasteiger partial charge is 0.271 e. The molecule has 14 heavy (non-hydrogen) atoms. The van der Waals surface area contributed by atoms with Crippen LogP contribution < -0.4 is 11.3 Å². The van der Waals surface area contributed by atoms with Crippen molar-refractivity contribution in [3.63, 3.8) is 0 Å². The zero-order valence-corrected chi connectivity index (χ0v) is 9.12. The number of aryl methyl sites for hydroxylation is 1. The molecule has 78 valence electrons. The molecule has 1 rings (SSSR count). The second-order valence-corrected chi connectivity index (χ2v) is 4.08. The van der Waals surface area contributed by atoms with Gasteiger partial charge in [0.05, 0.1) is 0 Å². The maximum Gasteiger partial charge on any atom is 0.0480 e.